The zero-order valence-electron chi connectivity index (χ0n) is 9.33. The number of rotatable bonds is 3. The lowest BCUT2D eigenvalue weighted by Gasteiger charge is -2.20. The van der Waals surface area contributed by atoms with Gasteiger partial charge in [-0.05, 0) is 48.9 Å². The van der Waals surface area contributed by atoms with Crippen molar-refractivity contribution in [1.82, 2.24) is 0 Å². The van der Waals surface area contributed by atoms with E-state index in [9.17, 15) is 0 Å². The van der Waals surface area contributed by atoms with Crippen LogP contribution in [-0.2, 0) is 6.42 Å². The van der Waals surface area contributed by atoms with E-state index in [-0.39, 0.29) is 0 Å². The molecule has 0 radical (unpaired) electrons. The summed E-state index contributed by atoms with van der Waals surface area (Å²) in [5.41, 5.74) is 8.48. The van der Waals surface area contributed by atoms with Crippen LogP contribution in [0.3, 0.4) is 0 Å². The summed E-state index contributed by atoms with van der Waals surface area (Å²) in [4.78, 5) is 0. The minimum atomic E-state index is 0.497. The van der Waals surface area contributed by atoms with Crippen molar-refractivity contribution >= 4 is 0 Å². The SMILES string of the molecule is CCC(CN)c1ccc2c(c1)CCCO2. The van der Waals surface area contributed by atoms with E-state index >= 15 is 0 Å². The lowest BCUT2D eigenvalue weighted by molar-refractivity contribution is 0.288. The molecule has 82 valence electrons. The molecule has 1 heterocycles. The average molecular weight is 205 g/mol. The van der Waals surface area contributed by atoms with Crippen LogP contribution < -0.4 is 10.5 Å². The summed E-state index contributed by atoms with van der Waals surface area (Å²) >= 11 is 0. The summed E-state index contributed by atoms with van der Waals surface area (Å²) in [6.45, 7) is 3.78. The molecule has 0 spiro atoms. The Kier molecular flexibility index (Phi) is 3.27. The summed E-state index contributed by atoms with van der Waals surface area (Å²) in [6.07, 6.45) is 3.39. The first kappa shape index (κ1) is 10.5. The zero-order valence-corrected chi connectivity index (χ0v) is 9.33. The average Bonchev–Trinajstić information content (AvgIpc) is 2.30. The van der Waals surface area contributed by atoms with Crippen LogP contribution in [0.5, 0.6) is 5.75 Å². The maximum absolute atomic E-state index is 5.76. The Balaban J connectivity index is 2.27. The molecule has 1 aromatic rings. The van der Waals surface area contributed by atoms with Gasteiger partial charge in [-0.25, -0.2) is 0 Å². The van der Waals surface area contributed by atoms with Crippen LogP contribution in [0.25, 0.3) is 0 Å². The molecule has 1 unspecified atom stereocenters. The van der Waals surface area contributed by atoms with E-state index in [1.807, 2.05) is 0 Å². The highest BCUT2D eigenvalue weighted by Crippen LogP contribution is 2.29. The Morgan fingerprint density at radius 3 is 3.07 bits per heavy atom. The summed E-state index contributed by atoms with van der Waals surface area (Å²) in [7, 11) is 0. The Morgan fingerprint density at radius 1 is 1.47 bits per heavy atom. The van der Waals surface area contributed by atoms with Gasteiger partial charge >= 0.3 is 0 Å². The van der Waals surface area contributed by atoms with Crippen molar-refractivity contribution in [2.45, 2.75) is 32.1 Å². The fourth-order valence-corrected chi connectivity index (χ4v) is 2.17. The van der Waals surface area contributed by atoms with E-state index < -0.39 is 0 Å². The van der Waals surface area contributed by atoms with Crippen LogP contribution >= 0.6 is 0 Å². The van der Waals surface area contributed by atoms with E-state index in [0.29, 0.717) is 5.92 Å². The van der Waals surface area contributed by atoms with Crippen molar-refractivity contribution in [3.63, 3.8) is 0 Å². The second-order valence-corrected chi connectivity index (χ2v) is 4.16. The molecule has 1 aliphatic rings. The van der Waals surface area contributed by atoms with Gasteiger partial charge in [0.25, 0.3) is 0 Å². The highest BCUT2D eigenvalue weighted by molar-refractivity contribution is 5.39. The number of nitrogens with two attached hydrogens (primary N) is 1. The molecule has 1 aliphatic heterocycles. The monoisotopic (exact) mass is 205 g/mol. The lowest BCUT2D eigenvalue weighted by atomic mass is 9.93. The Bertz CT molecular complexity index is 331. The van der Waals surface area contributed by atoms with Gasteiger partial charge < -0.3 is 10.5 Å². The van der Waals surface area contributed by atoms with E-state index in [4.69, 9.17) is 10.5 Å². The molecule has 2 rings (SSSR count). The molecular formula is C13H19NO. The Morgan fingerprint density at radius 2 is 2.33 bits per heavy atom. The molecule has 0 aliphatic carbocycles. The van der Waals surface area contributed by atoms with Crippen molar-refractivity contribution in [2.24, 2.45) is 5.73 Å². The summed E-state index contributed by atoms with van der Waals surface area (Å²) in [6, 6.07) is 6.53. The van der Waals surface area contributed by atoms with Crippen LogP contribution in [0, 0.1) is 0 Å². The molecule has 15 heavy (non-hydrogen) atoms. The molecule has 0 aromatic heterocycles. The molecule has 2 heteroatoms. The molecule has 1 atom stereocenters. The van der Waals surface area contributed by atoms with Gasteiger partial charge in [-0.3, -0.25) is 0 Å². The Labute approximate surface area is 91.4 Å². The number of hydrogen-bond donors (Lipinski definition) is 1. The highest BCUT2D eigenvalue weighted by atomic mass is 16.5. The normalized spacial score (nSPS) is 16.7. The van der Waals surface area contributed by atoms with Crippen molar-refractivity contribution in [3.8, 4) is 5.75 Å². The standard InChI is InChI=1S/C13H19NO/c1-2-10(9-14)11-5-6-13-12(8-11)4-3-7-15-13/h5-6,8,10H,2-4,7,9,14H2,1H3. The van der Waals surface area contributed by atoms with Gasteiger partial charge in [0.1, 0.15) is 5.75 Å². The maximum atomic E-state index is 5.76. The van der Waals surface area contributed by atoms with Gasteiger partial charge in [0.15, 0.2) is 0 Å². The first-order chi connectivity index (χ1) is 7.35. The first-order valence-electron chi connectivity index (χ1n) is 5.80. The number of hydrogen-bond acceptors (Lipinski definition) is 2. The molecule has 2 nitrogen and oxygen atoms in total. The van der Waals surface area contributed by atoms with Crippen LogP contribution in [-0.4, -0.2) is 13.2 Å². The van der Waals surface area contributed by atoms with E-state index in [1.54, 1.807) is 0 Å². The molecule has 0 fully saturated rings. The fraction of sp³-hybridized carbons (Fsp3) is 0.538. The summed E-state index contributed by atoms with van der Waals surface area (Å²) in [5.74, 6) is 1.56. The van der Waals surface area contributed by atoms with Crippen molar-refractivity contribution in [1.29, 1.82) is 0 Å². The second-order valence-electron chi connectivity index (χ2n) is 4.16. The highest BCUT2D eigenvalue weighted by Gasteiger charge is 2.13. The van der Waals surface area contributed by atoms with Gasteiger partial charge in [0.2, 0.25) is 0 Å². The zero-order chi connectivity index (χ0) is 10.7. The van der Waals surface area contributed by atoms with Gasteiger partial charge in [-0.15, -0.1) is 0 Å². The predicted octanol–water partition coefficient (Wildman–Crippen LogP) is 2.46. The number of ether oxygens (including phenoxy) is 1. The van der Waals surface area contributed by atoms with Gasteiger partial charge in [0.05, 0.1) is 6.61 Å². The topological polar surface area (TPSA) is 35.2 Å². The number of fused-ring (bicyclic) bond motifs is 1. The first-order valence-corrected chi connectivity index (χ1v) is 5.80. The van der Waals surface area contributed by atoms with E-state index in [1.165, 1.54) is 11.1 Å². The van der Waals surface area contributed by atoms with E-state index in [2.05, 4.69) is 25.1 Å². The van der Waals surface area contributed by atoms with Crippen molar-refractivity contribution in [2.75, 3.05) is 13.2 Å². The second kappa shape index (κ2) is 4.67. The van der Waals surface area contributed by atoms with Gasteiger partial charge in [0, 0.05) is 0 Å². The lowest BCUT2D eigenvalue weighted by Crippen LogP contribution is -2.13. The van der Waals surface area contributed by atoms with Crippen molar-refractivity contribution in [3.05, 3.63) is 29.3 Å². The Hall–Kier alpha value is -1.02. The molecule has 2 N–H and O–H groups in total. The predicted molar refractivity (Wildman–Crippen MR) is 62.3 cm³/mol. The van der Waals surface area contributed by atoms with Gasteiger partial charge in [-0.1, -0.05) is 19.1 Å². The third-order valence-corrected chi connectivity index (χ3v) is 3.18. The van der Waals surface area contributed by atoms with Crippen LogP contribution in [0.4, 0.5) is 0 Å². The molecule has 0 bridgehead atoms. The number of benzene rings is 1. The molecule has 0 saturated heterocycles. The third kappa shape index (κ3) is 2.15. The van der Waals surface area contributed by atoms with E-state index in [0.717, 1.165) is 38.2 Å². The minimum Gasteiger partial charge on any atom is -0.493 e. The minimum absolute atomic E-state index is 0.497. The smallest absolute Gasteiger partial charge is 0.122 e. The number of aryl methyl sites for hydroxylation is 1. The van der Waals surface area contributed by atoms with Crippen LogP contribution in [0.1, 0.15) is 36.8 Å². The summed E-state index contributed by atoms with van der Waals surface area (Å²) < 4.78 is 5.59. The quantitative estimate of drug-likeness (QED) is 0.822. The largest absolute Gasteiger partial charge is 0.493 e. The molecule has 0 saturated carbocycles. The van der Waals surface area contributed by atoms with Crippen LogP contribution in [0.2, 0.25) is 0 Å². The molecular weight excluding hydrogens is 186 g/mol. The third-order valence-electron chi connectivity index (χ3n) is 3.18. The summed E-state index contributed by atoms with van der Waals surface area (Å²) in [5, 5.41) is 0. The fourth-order valence-electron chi connectivity index (χ4n) is 2.17. The van der Waals surface area contributed by atoms with Crippen LogP contribution in [0.15, 0.2) is 18.2 Å². The van der Waals surface area contributed by atoms with Crippen molar-refractivity contribution < 1.29 is 4.74 Å². The van der Waals surface area contributed by atoms with Gasteiger partial charge in [-0.2, -0.15) is 0 Å². The molecule has 0 amide bonds. The maximum Gasteiger partial charge on any atom is 0.122 e. The molecule has 1 aromatic carbocycles.